The van der Waals surface area contributed by atoms with E-state index in [0.717, 1.165) is 0 Å². The van der Waals surface area contributed by atoms with Gasteiger partial charge in [-0.3, -0.25) is 0 Å². The van der Waals surface area contributed by atoms with E-state index in [1.807, 2.05) is 0 Å². The van der Waals surface area contributed by atoms with Crippen LogP contribution in [0.15, 0.2) is 48.5 Å². The molecule has 0 saturated heterocycles. The van der Waals surface area contributed by atoms with Crippen molar-refractivity contribution in [3.8, 4) is 0 Å². The molecule has 0 fully saturated rings. The summed E-state index contributed by atoms with van der Waals surface area (Å²) in [7, 11) is 0. The topological polar surface area (TPSA) is 12.9 Å². The molecule has 21 heavy (non-hydrogen) atoms. The van der Waals surface area contributed by atoms with E-state index in [2.05, 4.69) is 69.3 Å². The van der Waals surface area contributed by atoms with E-state index < -0.39 is 0 Å². The lowest BCUT2D eigenvalue weighted by molar-refractivity contribution is 0.581. The standard InChI is InChI=1S/C19H17NS/c1-19(2,3)18-15-11-10-13-9-8-12-6-4-5-7-14(12)16(13)17(15)21-20-18/h4-11H,1-3H3. The first-order chi connectivity index (χ1) is 10.1. The first kappa shape index (κ1) is 12.8. The smallest absolute Gasteiger partial charge is 0.0674 e. The van der Waals surface area contributed by atoms with Crippen LogP contribution in [0.3, 0.4) is 0 Å². The molecule has 0 unspecified atom stereocenters. The normalized spacial score (nSPS) is 12.5. The van der Waals surface area contributed by atoms with Crippen molar-refractivity contribution in [1.82, 2.24) is 4.37 Å². The predicted molar refractivity (Wildman–Crippen MR) is 93.3 cm³/mol. The van der Waals surface area contributed by atoms with Crippen molar-refractivity contribution in [3.63, 3.8) is 0 Å². The van der Waals surface area contributed by atoms with Gasteiger partial charge in [0.2, 0.25) is 0 Å². The second kappa shape index (κ2) is 4.28. The fourth-order valence-corrected chi connectivity index (χ4v) is 4.16. The van der Waals surface area contributed by atoms with Gasteiger partial charge in [0.1, 0.15) is 0 Å². The van der Waals surface area contributed by atoms with Crippen LogP contribution in [0.4, 0.5) is 0 Å². The number of benzene rings is 3. The average molecular weight is 291 g/mol. The molecule has 0 atom stereocenters. The number of fused-ring (bicyclic) bond motifs is 5. The maximum Gasteiger partial charge on any atom is 0.0674 e. The van der Waals surface area contributed by atoms with Gasteiger partial charge in [0.15, 0.2) is 0 Å². The fourth-order valence-electron chi connectivity index (χ4n) is 3.03. The monoisotopic (exact) mass is 291 g/mol. The van der Waals surface area contributed by atoms with Gasteiger partial charge in [-0.25, -0.2) is 0 Å². The summed E-state index contributed by atoms with van der Waals surface area (Å²) >= 11 is 1.64. The Labute approximate surface area is 128 Å². The maximum absolute atomic E-state index is 4.77. The molecule has 104 valence electrons. The SMILES string of the molecule is CC(C)(C)c1nsc2c1ccc1ccc3ccccc3c12. The molecule has 0 saturated carbocycles. The van der Waals surface area contributed by atoms with E-state index in [4.69, 9.17) is 4.37 Å². The van der Waals surface area contributed by atoms with Gasteiger partial charge in [0, 0.05) is 16.2 Å². The van der Waals surface area contributed by atoms with E-state index in [1.165, 1.54) is 37.3 Å². The second-order valence-electron chi connectivity index (χ2n) is 6.61. The third kappa shape index (κ3) is 1.86. The Morgan fingerprint density at radius 2 is 1.52 bits per heavy atom. The molecule has 0 amide bonds. The molecule has 0 aliphatic heterocycles. The zero-order valence-corrected chi connectivity index (χ0v) is 13.3. The molecule has 4 aromatic rings. The Hall–Kier alpha value is -1.93. The molecule has 0 radical (unpaired) electrons. The van der Waals surface area contributed by atoms with Crippen LogP contribution >= 0.6 is 11.5 Å². The molecule has 0 aliphatic rings. The predicted octanol–water partition coefficient (Wildman–Crippen LogP) is 5.90. The van der Waals surface area contributed by atoms with E-state index >= 15 is 0 Å². The summed E-state index contributed by atoms with van der Waals surface area (Å²) in [5.41, 5.74) is 1.29. The van der Waals surface area contributed by atoms with Crippen molar-refractivity contribution >= 4 is 43.2 Å². The molecule has 1 nitrogen and oxygen atoms in total. The van der Waals surface area contributed by atoms with Crippen molar-refractivity contribution in [3.05, 3.63) is 54.2 Å². The molecule has 1 aromatic heterocycles. The number of aromatic nitrogens is 1. The summed E-state index contributed by atoms with van der Waals surface area (Å²) in [5.74, 6) is 0. The average Bonchev–Trinajstić information content (AvgIpc) is 2.90. The molecule has 0 bridgehead atoms. The van der Waals surface area contributed by atoms with Crippen molar-refractivity contribution < 1.29 is 0 Å². The number of rotatable bonds is 0. The van der Waals surface area contributed by atoms with Gasteiger partial charge < -0.3 is 0 Å². The van der Waals surface area contributed by atoms with Gasteiger partial charge in [-0.1, -0.05) is 69.3 Å². The summed E-state index contributed by atoms with van der Waals surface area (Å²) in [4.78, 5) is 0. The summed E-state index contributed by atoms with van der Waals surface area (Å²) in [6.07, 6.45) is 0. The highest BCUT2D eigenvalue weighted by molar-refractivity contribution is 7.14. The van der Waals surface area contributed by atoms with Crippen LogP contribution in [-0.4, -0.2) is 4.37 Å². The van der Waals surface area contributed by atoms with Gasteiger partial charge in [0.25, 0.3) is 0 Å². The summed E-state index contributed by atoms with van der Waals surface area (Å²) in [6, 6.07) is 17.5. The molecular weight excluding hydrogens is 274 g/mol. The molecular formula is C19H17NS. The highest BCUT2D eigenvalue weighted by Crippen LogP contribution is 2.38. The molecule has 0 aliphatic carbocycles. The van der Waals surface area contributed by atoms with Gasteiger partial charge in [-0.2, -0.15) is 4.37 Å². The quantitative estimate of drug-likeness (QED) is 0.367. The molecule has 0 spiro atoms. The third-order valence-corrected chi connectivity index (χ3v) is 4.94. The van der Waals surface area contributed by atoms with Crippen LogP contribution in [0.1, 0.15) is 26.5 Å². The Kier molecular flexibility index (Phi) is 2.61. The Balaban J connectivity index is 2.23. The fraction of sp³-hybridized carbons (Fsp3) is 0.211. The van der Waals surface area contributed by atoms with Crippen LogP contribution in [0.2, 0.25) is 0 Å². The van der Waals surface area contributed by atoms with Crippen LogP contribution < -0.4 is 0 Å². The van der Waals surface area contributed by atoms with E-state index in [1.54, 1.807) is 11.5 Å². The third-order valence-electron chi connectivity index (χ3n) is 4.06. The van der Waals surface area contributed by atoms with E-state index in [9.17, 15) is 0 Å². The molecule has 3 aromatic carbocycles. The minimum Gasteiger partial charge on any atom is -0.196 e. The molecule has 2 heteroatoms. The minimum absolute atomic E-state index is 0.0799. The minimum atomic E-state index is 0.0799. The summed E-state index contributed by atoms with van der Waals surface area (Å²) in [6.45, 7) is 6.69. The zero-order valence-electron chi connectivity index (χ0n) is 12.5. The first-order valence-electron chi connectivity index (χ1n) is 7.26. The summed E-state index contributed by atoms with van der Waals surface area (Å²) < 4.78 is 6.08. The van der Waals surface area contributed by atoms with Crippen molar-refractivity contribution in [2.75, 3.05) is 0 Å². The lowest BCUT2D eigenvalue weighted by Crippen LogP contribution is -2.11. The van der Waals surface area contributed by atoms with Crippen LogP contribution in [-0.2, 0) is 5.41 Å². The number of nitrogens with zero attached hydrogens (tertiary/aromatic N) is 1. The van der Waals surface area contributed by atoms with E-state index in [0.29, 0.717) is 0 Å². The summed E-state index contributed by atoms with van der Waals surface area (Å²) in [5, 5.41) is 6.56. The highest BCUT2D eigenvalue weighted by atomic mass is 32.1. The van der Waals surface area contributed by atoms with Crippen LogP contribution in [0.25, 0.3) is 31.6 Å². The van der Waals surface area contributed by atoms with Crippen molar-refractivity contribution in [2.45, 2.75) is 26.2 Å². The maximum atomic E-state index is 4.77. The van der Waals surface area contributed by atoms with Gasteiger partial charge in [-0.05, 0) is 27.7 Å². The first-order valence-corrected chi connectivity index (χ1v) is 8.03. The molecule has 1 heterocycles. The molecule has 4 rings (SSSR count). The van der Waals surface area contributed by atoms with Gasteiger partial charge in [-0.15, -0.1) is 0 Å². The van der Waals surface area contributed by atoms with E-state index in [-0.39, 0.29) is 5.41 Å². The Bertz CT molecular complexity index is 973. The van der Waals surface area contributed by atoms with Crippen LogP contribution in [0, 0.1) is 0 Å². The van der Waals surface area contributed by atoms with Gasteiger partial charge >= 0.3 is 0 Å². The zero-order chi connectivity index (χ0) is 14.6. The lowest BCUT2D eigenvalue weighted by Gasteiger charge is -2.15. The number of hydrogen-bond acceptors (Lipinski definition) is 2. The lowest BCUT2D eigenvalue weighted by atomic mass is 9.89. The largest absolute Gasteiger partial charge is 0.196 e. The van der Waals surface area contributed by atoms with Gasteiger partial charge in [0.05, 0.1) is 10.4 Å². The second-order valence-corrected chi connectivity index (χ2v) is 7.38. The Morgan fingerprint density at radius 3 is 2.33 bits per heavy atom. The highest BCUT2D eigenvalue weighted by Gasteiger charge is 2.21. The Morgan fingerprint density at radius 1 is 0.810 bits per heavy atom. The number of hydrogen-bond donors (Lipinski definition) is 0. The molecule has 0 N–H and O–H groups in total. The van der Waals surface area contributed by atoms with Crippen LogP contribution in [0.5, 0.6) is 0 Å². The van der Waals surface area contributed by atoms with Crippen molar-refractivity contribution in [2.24, 2.45) is 0 Å². The van der Waals surface area contributed by atoms with Crippen molar-refractivity contribution in [1.29, 1.82) is 0 Å².